The highest BCUT2D eigenvalue weighted by Gasteiger charge is 2.40. The van der Waals surface area contributed by atoms with Gasteiger partial charge in [0, 0.05) is 5.02 Å². The van der Waals surface area contributed by atoms with Gasteiger partial charge in [-0.05, 0) is 17.7 Å². The standard InChI is InChI=1S/C8H3BrClF5/c9-7(8(13,14)15)3-1-5(11)6(12)2-4(3)10/h1-2,7H. The number of benzene rings is 1. The van der Waals surface area contributed by atoms with Crippen molar-refractivity contribution in [1.29, 1.82) is 0 Å². The first-order chi connectivity index (χ1) is 6.73. The third-order valence-corrected chi connectivity index (χ3v) is 2.94. The second-order valence-electron chi connectivity index (χ2n) is 2.69. The van der Waals surface area contributed by atoms with E-state index < -0.39 is 33.2 Å². The summed E-state index contributed by atoms with van der Waals surface area (Å²) in [6, 6.07) is 0.927. The molecule has 0 nitrogen and oxygen atoms in total. The number of alkyl halides is 4. The van der Waals surface area contributed by atoms with Crippen molar-refractivity contribution >= 4 is 27.5 Å². The maximum absolute atomic E-state index is 12.7. The lowest BCUT2D eigenvalue weighted by atomic mass is 10.1. The molecule has 0 heterocycles. The second-order valence-corrected chi connectivity index (χ2v) is 4.01. The molecule has 1 atom stereocenters. The summed E-state index contributed by atoms with van der Waals surface area (Å²) in [7, 11) is 0. The Morgan fingerprint density at radius 1 is 1.13 bits per heavy atom. The van der Waals surface area contributed by atoms with Crippen molar-refractivity contribution in [1.82, 2.24) is 0 Å². The first-order valence-corrected chi connectivity index (χ1v) is 4.88. The summed E-state index contributed by atoms with van der Waals surface area (Å²) in [5, 5.41) is -0.479. The Labute approximate surface area is 95.2 Å². The Kier molecular flexibility index (Phi) is 3.60. The molecule has 1 unspecified atom stereocenters. The summed E-state index contributed by atoms with van der Waals surface area (Å²) in [6.07, 6.45) is -4.62. The van der Waals surface area contributed by atoms with E-state index >= 15 is 0 Å². The van der Waals surface area contributed by atoms with Crippen LogP contribution in [-0.2, 0) is 0 Å². The minimum atomic E-state index is -4.62. The lowest BCUT2D eigenvalue weighted by Gasteiger charge is -2.15. The fourth-order valence-corrected chi connectivity index (χ4v) is 1.68. The third kappa shape index (κ3) is 2.81. The van der Waals surface area contributed by atoms with Crippen molar-refractivity contribution < 1.29 is 22.0 Å². The van der Waals surface area contributed by atoms with Gasteiger partial charge in [0.1, 0.15) is 4.83 Å². The fourth-order valence-electron chi connectivity index (χ4n) is 0.908. The van der Waals surface area contributed by atoms with E-state index in [9.17, 15) is 22.0 Å². The zero-order chi connectivity index (χ0) is 11.8. The second kappa shape index (κ2) is 4.25. The van der Waals surface area contributed by atoms with E-state index in [1.807, 2.05) is 0 Å². The average molecular weight is 309 g/mol. The minimum absolute atomic E-state index is 0.421. The molecule has 0 fully saturated rings. The molecule has 0 aromatic heterocycles. The van der Waals surface area contributed by atoms with Crippen LogP contribution in [0.2, 0.25) is 5.02 Å². The van der Waals surface area contributed by atoms with Crippen LogP contribution < -0.4 is 0 Å². The summed E-state index contributed by atoms with van der Waals surface area (Å²) >= 11 is 7.68. The molecule has 0 aliphatic heterocycles. The smallest absolute Gasteiger partial charge is 0.204 e. The van der Waals surface area contributed by atoms with Crippen molar-refractivity contribution in [2.45, 2.75) is 11.0 Å². The molecule has 84 valence electrons. The summed E-state index contributed by atoms with van der Waals surface area (Å²) in [6.45, 7) is 0. The summed E-state index contributed by atoms with van der Waals surface area (Å²) in [5.41, 5.74) is -0.553. The maximum Gasteiger partial charge on any atom is 0.405 e. The van der Waals surface area contributed by atoms with Crippen LogP contribution in [0.4, 0.5) is 22.0 Å². The van der Waals surface area contributed by atoms with E-state index in [-0.39, 0.29) is 0 Å². The molecule has 0 bridgehead atoms. The number of hydrogen-bond donors (Lipinski definition) is 0. The highest BCUT2D eigenvalue weighted by atomic mass is 79.9. The van der Waals surface area contributed by atoms with E-state index in [0.29, 0.717) is 12.1 Å². The SMILES string of the molecule is Fc1cc(Cl)c(C(Br)C(F)(F)F)cc1F. The molecule has 0 saturated carbocycles. The van der Waals surface area contributed by atoms with Crippen LogP contribution in [0.1, 0.15) is 10.4 Å². The summed E-state index contributed by atoms with van der Waals surface area (Å²) in [5.74, 6) is -2.66. The summed E-state index contributed by atoms with van der Waals surface area (Å²) < 4.78 is 61.9. The number of hydrogen-bond acceptors (Lipinski definition) is 0. The first kappa shape index (κ1) is 12.7. The molecule has 0 aliphatic rings. The highest BCUT2D eigenvalue weighted by Crippen LogP contribution is 2.42. The van der Waals surface area contributed by atoms with E-state index in [4.69, 9.17) is 11.6 Å². The Morgan fingerprint density at radius 2 is 1.60 bits per heavy atom. The predicted octanol–water partition coefficient (Wildman–Crippen LogP) is 4.62. The van der Waals surface area contributed by atoms with Crippen molar-refractivity contribution in [3.8, 4) is 0 Å². The van der Waals surface area contributed by atoms with Crippen LogP contribution in [-0.4, -0.2) is 6.18 Å². The molecule has 15 heavy (non-hydrogen) atoms. The van der Waals surface area contributed by atoms with Crippen LogP contribution in [0.15, 0.2) is 12.1 Å². The molecule has 0 radical (unpaired) electrons. The molecule has 0 N–H and O–H groups in total. The van der Waals surface area contributed by atoms with E-state index in [1.165, 1.54) is 0 Å². The van der Waals surface area contributed by atoms with E-state index in [1.54, 1.807) is 0 Å². The Balaban J connectivity index is 3.21. The highest BCUT2D eigenvalue weighted by molar-refractivity contribution is 9.09. The van der Waals surface area contributed by atoms with Gasteiger partial charge < -0.3 is 0 Å². The van der Waals surface area contributed by atoms with Crippen molar-refractivity contribution in [3.63, 3.8) is 0 Å². The van der Waals surface area contributed by atoms with Gasteiger partial charge in [-0.25, -0.2) is 8.78 Å². The Hall–Kier alpha value is -0.360. The third-order valence-electron chi connectivity index (χ3n) is 1.60. The van der Waals surface area contributed by atoms with Gasteiger partial charge in [-0.15, -0.1) is 0 Å². The number of halogens is 7. The molecule has 1 aromatic rings. The molecule has 1 rings (SSSR count). The monoisotopic (exact) mass is 308 g/mol. The van der Waals surface area contributed by atoms with E-state index in [0.717, 1.165) is 0 Å². The van der Waals surface area contributed by atoms with Gasteiger partial charge >= 0.3 is 6.18 Å². The Bertz CT molecular complexity index is 376. The van der Waals surface area contributed by atoms with Crippen LogP contribution in [0.3, 0.4) is 0 Å². The van der Waals surface area contributed by atoms with Crippen molar-refractivity contribution in [3.05, 3.63) is 34.4 Å². The molecule has 7 heteroatoms. The zero-order valence-electron chi connectivity index (χ0n) is 6.88. The normalized spacial score (nSPS) is 14.1. The molecule has 0 aliphatic carbocycles. The van der Waals surface area contributed by atoms with Crippen LogP contribution in [0, 0.1) is 11.6 Å². The maximum atomic E-state index is 12.7. The molecule has 0 spiro atoms. The number of rotatable bonds is 1. The molecular formula is C8H3BrClF5. The minimum Gasteiger partial charge on any atom is -0.204 e. The van der Waals surface area contributed by atoms with Crippen molar-refractivity contribution in [2.24, 2.45) is 0 Å². The van der Waals surface area contributed by atoms with Gasteiger partial charge in [-0.2, -0.15) is 13.2 Å². The van der Waals surface area contributed by atoms with Crippen molar-refractivity contribution in [2.75, 3.05) is 0 Å². The van der Waals surface area contributed by atoms with Crippen LogP contribution >= 0.6 is 27.5 Å². The molecule has 1 aromatic carbocycles. The van der Waals surface area contributed by atoms with Gasteiger partial charge in [0.15, 0.2) is 11.6 Å². The molecular weight excluding hydrogens is 306 g/mol. The fraction of sp³-hybridized carbons (Fsp3) is 0.250. The molecule has 0 saturated heterocycles. The lowest BCUT2D eigenvalue weighted by Crippen LogP contribution is -2.16. The van der Waals surface area contributed by atoms with E-state index in [2.05, 4.69) is 15.9 Å². The predicted molar refractivity (Wildman–Crippen MR) is 49.1 cm³/mol. The largest absolute Gasteiger partial charge is 0.405 e. The van der Waals surface area contributed by atoms with Crippen LogP contribution in [0.5, 0.6) is 0 Å². The Morgan fingerprint density at radius 3 is 2.07 bits per heavy atom. The lowest BCUT2D eigenvalue weighted by molar-refractivity contribution is -0.128. The van der Waals surface area contributed by atoms with Gasteiger partial charge in [-0.1, -0.05) is 27.5 Å². The van der Waals surface area contributed by atoms with Gasteiger partial charge in [-0.3, -0.25) is 0 Å². The molecule has 0 amide bonds. The average Bonchev–Trinajstić information content (AvgIpc) is 2.08. The topological polar surface area (TPSA) is 0 Å². The van der Waals surface area contributed by atoms with Gasteiger partial charge in [0.25, 0.3) is 0 Å². The van der Waals surface area contributed by atoms with Gasteiger partial charge in [0.05, 0.1) is 0 Å². The van der Waals surface area contributed by atoms with Gasteiger partial charge in [0.2, 0.25) is 0 Å². The quantitative estimate of drug-likeness (QED) is 0.403. The van der Waals surface area contributed by atoms with Crippen LogP contribution in [0.25, 0.3) is 0 Å². The first-order valence-electron chi connectivity index (χ1n) is 3.58. The summed E-state index contributed by atoms with van der Waals surface area (Å²) in [4.78, 5) is -2.12. The zero-order valence-corrected chi connectivity index (χ0v) is 9.22.